The molecule has 0 spiro atoms. The Hall–Kier alpha value is -3.60. The summed E-state index contributed by atoms with van der Waals surface area (Å²) in [6, 6.07) is 21.9. The first kappa shape index (κ1) is 21.1. The highest BCUT2D eigenvalue weighted by molar-refractivity contribution is 6.04. The second-order valence-corrected chi connectivity index (χ2v) is 7.22. The Bertz CT molecular complexity index is 1050. The Morgan fingerprint density at radius 2 is 1.67 bits per heavy atom. The molecule has 1 N–H and O–H groups in total. The maximum absolute atomic E-state index is 13.0. The van der Waals surface area contributed by atoms with Crippen LogP contribution in [-0.4, -0.2) is 30.9 Å². The molecule has 1 atom stereocenters. The molecule has 0 fully saturated rings. The van der Waals surface area contributed by atoms with Gasteiger partial charge in [0.15, 0.2) is 0 Å². The van der Waals surface area contributed by atoms with Crippen LogP contribution in [0.1, 0.15) is 44.8 Å². The Morgan fingerprint density at radius 1 is 0.933 bits per heavy atom. The molecule has 3 aromatic rings. The summed E-state index contributed by atoms with van der Waals surface area (Å²) in [6.07, 6.45) is 0. The number of nitrogens with zero attached hydrogens (tertiary/aromatic N) is 1. The van der Waals surface area contributed by atoms with Crippen molar-refractivity contribution in [2.75, 3.05) is 19.5 Å². The summed E-state index contributed by atoms with van der Waals surface area (Å²) in [5, 5.41) is 2.92. The molecule has 5 nitrogen and oxygen atoms in total. The molecule has 0 aromatic heterocycles. The molecule has 0 saturated heterocycles. The van der Waals surface area contributed by atoms with Crippen molar-refractivity contribution >= 4 is 17.5 Å². The first-order chi connectivity index (χ1) is 14.4. The van der Waals surface area contributed by atoms with Gasteiger partial charge in [0.2, 0.25) is 0 Å². The topological polar surface area (TPSA) is 58.6 Å². The SMILES string of the molecule is COc1cc(C(=O)N(C)C(C)c2cccc(NC(=O)c3ccccc3)c2)ccc1C. The number of anilines is 1. The van der Waals surface area contributed by atoms with Gasteiger partial charge in [0, 0.05) is 23.9 Å². The van der Waals surface area contributed by atoms with Crippen LogP contribution in [0.25, 0.3) is 0 Å². The number of hydrogen-bond acceptors (Lipinski definition) is 3. The highest BCUT2D eigenvalue weighted by Gasteiger charge is 2.20. The minimum absolute atomic E-state index is 0.0977. The number of methoxy groups -OCH3 is 1. The van der Waals surface area contributed by atoms with Gasteiger partial charge in [-0.3, -0.25) is 9.59 Å². The lowest BCUT2D eigenvalue weighted by Crippen LogP contribution is -2.29. The van der Waals surface area contributed by atoms with Gasteiger partial charge in [0.25, 0.3) is 11.8 Å². The summed E-state index contributed by atoms with van der Waals surface area (Å²) in [7, 11) is 3.37. The van der Waals surface area contributed by atoms with Crippen LogP contribution in [-0.2, 0) is 0 Å². The molecule has 0 aliphatic carbocycles. The van der Waals surface area contributed by atoms with Gasteiger partial charge < -0.3 is 15.0 Å². The molecule has 0 radical (unpaired) electrons. The van der Waals surface area contributed by atoms with Crippen molar-refractivity contribution in [2.45, 2.75) is 19.9 Å². The number of carbonyl (C=O) groups excluding carboxylic acids is 2. The molecule has 1 unspecified atom stereocenters. The molecule has 0 saturated carbocycles. The predicted molar refractivity (Wildman–Crippen MR) is 119 cm³/mol. The normalized spacial score (nSPS) is 11.5. The number of hydrogen-bond donors (Lipinski definition) is 1. The summed E-state index contributed by atoms with van der Waals surface area (Å²) in [6.45, 7) is 3.90. The lowest BCUT2D eigenvalue weighted by Gasteiger charge is -2.26. The van der Waals surface area contributed by atoms with E-state index in [1.165, 1.54) is 0 Å². The number of benzene rings is 3. The highest BCUT2D eigenvalue weighted by atomic mass is 16.5. The maximum Gasteiger partial charge on any atom is 0.255 e. The van der Waals surface area contributed by atoms with E-state index in [0.717, 1.165) is 11.1 Å². The van der Waals surface area contributed by atoms with E-state index in [1.54, 1.807) is 43.3 Å². The minimum Gasteiger partial charge on any atom is -0.496 e. The minimum atomic E-state index is -0.182. The molecule has 154 valence electrons. The maximum atomic E-state index is 13.0. The number of carbonyl (C=O) groups is 2. The molecule has 0 bridgehead atoms. The Balaban J connectivity index is 1.76. The van der Waals surface area contributed by atoms with Crippen LogP contribution in [0.2, 0.25) is 0 Å². The first-order valence-corrected chi connectivity index (χ1v) is 9.79. The molecule has 3 rings (SSSR count). The third kappa shape index (κ3) is 4.69. The molecule has 3 aromatic carbocycles. The Morgan fingerprint density at radius 3 is 2.37 bits per heavy atom. The predicted octanol–water partition coefficient (Wildman–Crippen LogP) is 5.09. The molecule has 0 aliphatic heterocycles. The van der Waals surface area contributed by atoms with Crippen molar-refractivity contribution in [3.05, 3.63) is 95.1 Å². The summed E-state index contributed by atoms with van der Waals surface area (Å²) in [5.74, 6) is 0.420. The molecule has 2 amide bonds. The lowest BCUT2D eigenvalue weighted by molar-refractivity contribution is 0.0742. The number of rotatable bonds is 6. The smallest absolute Gasteiger partial charge is 0.255 e. The first-order valence-electron chi connectivity index (χ1n) is 9.79. The van der Waals surface area contributed by atoms with Crippen molar-refractivity contribution in [1.82, 2.24) is 4.90 Å². The van der Waals surface area contributed by atoms with Crippen LogP contribution in [0.4, 0.5) is 5.69 Å². The summed E-state index contributed by atoms with van der Waals surface area (Å²) >= 11 is 0. The van der Waals surface area contributed by atoms with Gasteiger partial charge in [0.1, 0.15) is 5.75 Å². The van der Waals surface area contributed by atoms with Gasteiger partial charge in [-0.2, -0.15) is 0 Å². The number of amides is 2. The van der Waals surface area contributed by atoms with Crippen molar-refractivity contribution in [3.63, 3.8) is 0 Å². The largest absolute Gasteiger partial charge is 0.496 e. The quantitative estimate of drug-likeness (QED) is 0.625. The zero-order valence-electron chi connectivity index (χ0n) is 17.7. The zero-order valence-corrected chi connectivity index (χ0v) is 17.7. The van der Waals surface area contributed by atoms with E-state index >= 15 is 0 Å². The van der Waals surface area contributed by atoms with Crippen LogP contribution in [0.5, 0.6) is 5.75 Å². The molecule has 0 aliphatic rings. The van der Waals surface area contributed by atoms with E-state index < -0.39 is 0 Å². The van der Waals surface area contributed by atoms with E-state index in [-0.39, 0.29) is 17.9 Å². The summed E-state index contributed by atoms with van der Waals surface area (Å²) < 4.78 is 5.34. The molecule has 30 heavy (non-hydrogen) atoms. The number of aryl methyl sites for hydroxylation is 1. The summed E-state index contributed by atoms with van der Waals surface area (Å²) in [5.41, 5.74) is 3.75. The number of nitrogens with one attached hydrogen (secondary N) is 1. The fraction of sp³-hybridized carbons (Fsp3) is 0.200. The molecular formula is C25H26N2O3. The third-order valence-electron chi connectivity index (χ3n) is 5.22. The monoisotopic (exact) mass is 402 g/mol. The van der Waals surface area contributed by atoms with E-state index in [0.29, 0.717) is 22.6 Å². The third-order valence-corrected chi connectivity index (χ3v) is 5.22. The Labute approximate surface area is 177 Å². The zero-order chi connectivity index (χ0) is 21.7. The van der Waals surface area contributed by atoms with Gasteiger partial charge in [-0.15, -0.1) is 0 Å². The van der Waals surface area contributed by atoms with Crippen molar-refractivity contribution in [1.29, 1.82) is 0 Å². The number of ether oxygens (including phenoxy) is 1. The standard InChI is InChI=1S/C25H26N2O3/c1-17-13-14-21(16-23(17)30-4)25(29)27(3)18(2)20-11-8-12-22(15-20)26-24(28)19-9-6-5-7-10-19/h5-16,18H,1-4H3,(H,26,28). The highest BCUT2D eigenvalue weighted by Crippen LogP contribution is 2.26. The second-order valence-electron chi connectivity index (χ2n) is 7.22. The van der Waals surface area contributed by atoms with E-state index in [2.05, 4.69) is 5.32 Å². The fourth-order valence-electron chi connectivity index (χ4n) is 3.23. The average Bonchev–Trinajstić information content (AvgIpc) is 2.78. The fourth-order valence-corrected chi connectivity index (χ4v) is 3.23. The molecule has 0 heterocycles. The van der Waals surface area contributed by atoms with Crippen LogP contribution in [0, 0.1) is 6.92 Å². The van der Waals surface area contributed by atoms with E-state index in [4.69, 9.17) is 4.74 Å². The van der Waals surface area contributed by atoms with E-state index in [1.807, 2.05) is 62.4 Å². The van der Waals surface area contributed by atoms with Gasteiger partial charge in [0.05, 0.1) is 13.2 Å². The summed E-state index contributed by atoms with van der Waals surface area (Å²) in [4.78, 5) is 27.1. The molecular weight excluding hydrogens is 376 g/mol. The van der Waals surface area contributed by atoms with Gasteiger partial charge >= 0.3 is 0 Å². The second kappa shape index (κ2) is 9.27. The van der Waals surface area contributed by atoms with Crippen LogP contribution >= 0.6 is 0 Å². The van der Waals surface area contributed by atoms with Gasteiger partial charge in [-0.05, 0) is 61.4 Å². The van der Waals surface area contributed by atoms with Crippen LogP contribution < -0.4 is 10.1 Å². The van der Waals surface area contributed by atoms with Crippen molar-refractivity contribution < 1.29 is 14.3 Å². The van der Waals surface area contributed by atoms with Crippen molar-refractivity contribution in [2.24, 2.45) is 0 Å². The van der Waals surface area contributed by atoms with E-state index in [9.17, 15) is 9.59 Å². The Kier molecular flexibility index (Phi) is 6.52. The van der Waals surface area contributed by atoms with Crippen molar-refractivity contribution in [3.8, 4) is 5.75 Å². The molecule has 5 heteroatoms. The lowest BCUT2D eigenvalue weighted by atomic mass is 10.0. The van der Waals surface area contributed by atoms with Crippen LogP contribution in [0.15, 0.2) is 72.8 Å². The van der Waals surface area contributed by atoms with Gasteiger partial charge in [-0.25, -0.2) is 0 Å². The van der Waals surface area contributed by atoms with Crippen LogP contribution in [0.3, 0.4) is 0 Å². The average molecular weight is 402 g/mol. The van der Waals surface area contributed by atoms with Gasteiger partial charge in [-0.1, -0.05) is 36.4 Å².